The molecule has 17 heavy (non-hydrogen) atoms. The Morgan fingerprint density at radius 2 is 2.35 bits per heavy atom. The topological polar surface area (TPSA) is 53.4 Å². The number of anilines is 1. The molecule has 6 heteroatoms. The van der Waals surface area contributed by atoms with Crippen LogP contribution in [-0.2, 0) is 4.79 Å². The maximum Gasteiger partial charge on any atom is 0.231 e. The van der Waals surface area contributed by atoms with Crippen molar-refractivity contribution in [2.24, 2.45) is 0 Å². The summed E-state index contributed by atoms with van der Waals surface area (Å²) >= 11 is 7.31. The van der Waals surface area contributed by atoms with Crippen LogP contribution in [0, 0.1) is 0 Å². The molecule has 1 fully saturated rings. The molecule has 2 aromatic rings. The zero-order chi connectivity index (χ0) is 12.0. The van der Waals surface area contributed by atoms with Crippen LogP contribution in [0.4, 0.5) is 5.13 Å². The lowest BCUT2D eigenvalue weighted by Crippen LogP contribution is -2.24. The number of carbonyl (C=O) groups excluding carboxylic acids is 1. The summed E-state index contributed by atoms with van der Waals surface area (Å²) in [6.45, 7) is 0.326. The number of thiazole rings is 1. The normalized spacial score (nSPS) is 20.5. The minimum atomic E-state index is -0.585. The zero-order valence-corrected chi connectivity index (χ0v) is 10.3. The molecule has 0 bridgehead atoms. The molecule has 1 aliphatic heterocycles. The lowest BCUT2D eigenvalue weighted by atomic mass is 10.3. The van der Waals surface area contributed by atoms with E-state index in [9.17, 15) is 9.90 Å². The molecule has 1 aromatic carbocycles. The number of hydrogen-bond acceptors (Lipinski definition) is 4. The second-order valence-corrected chi connectivity index (χ2v) is 5.42. The predicted molar refractivity (Wildman–Crippen MR) is 67.6 cm³/mol. The van der Waals surface area contributed by atoms with Crippen LogP contribution in [0.3, 0.4) is 0 Å². The summed E-state index contributed by atoms with van der Waals surface area (Å²) in [6.07, 6.45) is -0.408. The van der Waals surface area contributed by atoms with Gasteiger partial charge in [-0.2, -0.15) is 0 Å². The van der Waals surface area contributed by atoms with E-state index in [1.807, 2.05) is 12.1 Å². The number of halogens is 1. The molecule has 0 spiro atoms. The number of rotatable bonds is 1. The van der Waals surface area contributed by atoms with Crippen LogP contribution in [-0.4, -0.2) is 28.6 Å². The molecule has 1 unspecified atom stereocenters. The van der Waals surface area contributed by atoms with E-state index in [-0.39, 0.29) is 12.3 Å². The highest BCUT2D eigenvalue weighted by Crippen LogP contribution is 2.32. The van der Waals surface area contributed by atoms with Crippen molar-refractivity contribution in [2.75, 3.05) is 11.4 Å². The Labute approximate surface area is 106 Å². The van der Waals surface area contributed by atoms with Crippen LogP contribution in [0.1, 0.15) is 6.42 Å². The van der Waals surface area contributed by atoms with Crippen molar-refractivity contribution in [2.45, 2.75) is 12.5 Å². The Kier molecular flexibility index (Phi) is 2.54. The van der Waals surface area contributed by atoms with E-state index in [0.29, 0.717) is 16.7 Å². The summed E-state index contributed by atoms with van der Waals surface area (Å²) in [7, 11) is 0. The van der Waals surface area contributed by atoms with Crippen LogP contribution in [0.25, 0.3) is 10.2 Å². The molecule has 1 atom stereocenters. The van der Waals surface area contributed by atoms with Crippen molar-refractivity contribution in [1.82, 2.24) is 4.98 Å². The van der Waals surface area contributed by atoms with Crippen LogP contribution in [0.2, 0.25) is 5.02 Å². The molecule has 1 aliphatic rings. The predicted octanol–water partition coefficient (Wildman–Crippen LogP) is 2.05. The number of aliphatic hydroxyl groups excluding tert-OH is 1. The maximum absolute atomic E-state index is 11.6. The summed E-state index contributed by atoms with van der Waals surface area (Å²) in [5.41, 5.74) is 0.823. The van der Waals surface area contributed by atoms with E-state index in [1.165, 1.54) is 16.2 Å². The fourth-order valence-corrected chi connectivity index (χ4v) is 3.14. The Hall–Kier alpha value is -1.17. The summed E-state index contributed by atoms with van der Waals surface area (Å²) in [4.78, 5) is 17.5. The molecular weight excluding hydrogens is 260 g/mol. The molecule has 4 nitrogen and oxygen atoms in total. The molecule has 0 radical (unpaired) electrons. The van der Waals surface area contributed by atoms with Crippen LogP contribution in [0.5, 0.6) is 0 Å². The number of fused-ring (bicyclic) bond motifs is 1. The van der Waals surface area contributed by atoms with E-state index in [0.717, 1.165) is 10.2 Å². The van der Waals surface area contributed by atoms with Crippen molar-refractivity contribution < 1.29 is 9.90 Å². The first-order valence-electron chi connectivity index (χ1n) is 5.18. The van der Waals surface area contributed by atoms with Crippen molar-refractivity contribution >= 4 is 44.2 Å². The number of aromatic nitrogens is 1. The van der Waals surface area contributed by atoms with E-state index in [4.69, 9.17) is 11.6 Å². The number of nitrogens with zero attached hydrogens (tertiary/aromatic N) is 2. The summed E-state index contributed by atoms with van der Waals surface area (Å²) in [5.74, 6) is -0.0809. The number of hydrogen-bond donors (Lipinski definition) is 1. The first-order valence-corrected chi connectivity index (χ1v) is 6.37. The van der Waals surface area contributed by atoms with Gasteiger partial charge < -0.3 is 5.11 Å². The van der Waals surface area contributed by atoms with Gasteiger partial charge in [-0.3, -0.25) is 9.69 Å². The first-order chi connectivity index (χ1) is 8.13. The Morgan fingerprint density at radius 1 is 1.53 bits per heavy atom. The highest BCUT2D eigenvalue weighted by atomic mass is 35.5. The fourth-order valence-electron chi connectivity index (χ4n) is 1.88. The van der Waals surface area contributed by atoms with E-state index in [1.54, 1.807) is 6.07 Å². The van der Waals surface area contributed by atoms with E-state index < -0.39 is 6.10 Å². The van der Waals surface area contributed by atoms with Gasteiger partial charge in [-0.1, -0.05) is 22.9 Å². The molecule has 1 aromatic heterocycles. The van der Waals surface area contributed by atoms with Crippen LogP contribution in [0.15, 0.2) is 18.2 Å². The average Bonchev–Trinajstić information content (AvgIpc) is 2.80. The Morgan fingerprint density at radius 3 is 3.06 bits per heavy atom. The third kappa shape index (κ3) is 1.90. The van der Waals surface area contributed by atoms with Crippen molar-refractivity contribution in [1.29, 1.82) is 0 Å². The number of carbonyl (C=O) groups is 1. The van der Waals surface area contributed by atoms with Gasteiger partial charge >= 0.3 is 0 Å². The minimum Gasteiger partial charge on any atom is -0.391 e. The number of aliphatic hydroxyl groups is 1. The smallest absolute Gasteiger partial charge is 0.231 e. The van der Waals surface area contributed by atoms with Gasteiger partial charge in [-0.15, -0.1) is 0 Å². The third-order valence-electron chi connectivity index (χ3n) is 2.67. The summed E-state index contributed by atoms with van der Waals surface area (Å²) < 4.78 is 0.946. The first kappa shape index (κ1) is 11.0. The van der Waals surface area contributed by atoms with Crippen molar-refractivity contribution in [3.8, 4) is 0 Å². The Balaban J connectivity index is 2.03. The summed E-state index contributed by atoms with van der Waals surface area (Å²) in [5, 5.41) is 10.7. The van der Waals surface area contributed by atoms with Crippen molar-refractivity contribution in [3.63, 3.8) is 0 Å². The second-order valence-electron chi connectivity index (χ2n) is 3.97. The van der Waals surface area contributed by atoms with Gasteiger partial charge in [0.25, 0.3) is 0 Å². The van der Waals surface area contributed by atoms with Gasteiger partial charge in [0.2, 0.25) is 5.91 Å². The van der Waals surface area contributed by atoms with E-state index >= 15 is 0 Å². The second kappa shape index (κ2) is 3.94. The molecule has 1 saturated heterocycles. The van der Waals surface area contributed by atoms with Gasteiger partial charge in [0.1, 0.15) is 0 Å². The monoisotopic (exact) mass is 268 g/mol. The number of β-amino-alcohol motifs (C(OH)–C–C–N with tert-alkyl or cyclic N) is 1. The maximum atomic E-state index is 11.6. The van der Waals surface area contributed by atoms with Gasteiger partial charge in [0.15, 0.2) is 5.13 Å². The highest BCUT2D eigenvalue weighted by molar-refractivity contribution is 7.22. The highest BCUT2D eigenvalue weighted by Gasteiger charge is 2.31. The van der Waals surface area contributed by atoms with Crippen molar-refractivity contribution in [3.05, 3.63) is 23.2 Å². The van der Waals surface area contributed by atoms with Gasteiger partial charge in [0.05, 0.1) is 29.3 Å². The summed E-state index contributed by atoms with van der Waals surface area (Å²) in [6, 6.07) is 5.43. The Bertz CT molecular complexity index is 598. The largest absolute Gasteiger partial charge is 0.391 e. The van der Waals surface area contributed by atoms with Gasteiger partial charge in [-0.25, -0.2) is 4.98 Å². The SMILES string of the molecule is O=C1CC(O)CN1c1nc2ccc(Cl)cc2s1. The molecule has 1 amide bonds. The standard InChI is InChI=1S/C11H9ClN2O2S/c12-6-1-2-8-9(3-6)17-11(13-8)14-5-7(15)4-10(14)16/h1-3,7,15H,4-5H2. The zero-order valence-electron chi connectivity index (χ0n) is 8.76. The molecule has 88 valence electrons. The average molecular weight is 269 g/mol. The van der Waals surface area contributed by atoms with Crippen LogP contribution >= 0.6 is 22.9 Å². The fraction of sp³-hybridized carbons (Fsp3) is 0.273. The van der Waals surface area contributed by atoms with E-state index in [2.05, 4.69) is 4.98 Å². The van der Waals surface area contributed by atoms with Gasteiger partial charge in [-0.05, 0) is 18.2 Å². The van der Waals surface area contributed by atoms with Crippen LogP contribution < -0.4 is 4.90 Å². The number of amides is 1. The molecular formula is C11H9ClN2O2S. The lowest BCUT2D eigenvalue weighted by molar-refractivity contribution is -0.117. The number of benzene rings is 1. The quantitative estimate of drug-likeness (QED) is 0.861. The molecule has 3 rings (SSSR count). The molecule has 0 saturated carbocycles. The van der Waals surface area contributed by atoms with Gasteiger partial charge in [0, 0.05) is 5.02 Å². The third-order valence-corrected chi connectivity index (χ3v) is 3.95. The minimum absolute atomic E-state index is 0.0809. The molecule has 0 aliphatic carbocycles. The molecule has 1 N–H and O–H groups in total. The lowest BCUT2D eigenvalue weighted by Gasteiger charge is -2.10. The molecule has 2 heterocycles.